The Labute approximate surface area is 108 Å². The number of hydrogen-bond donors (Lipinski definition) is 1. The number of anilines is 1. The van der Waals surface area contributed by atoms with Gasteiger partial charge in [-0.2, -0.15) is 0 Å². The molecule has 0 aromatic heterocycles. The van der Waals surface area contributed by atoms with E-state index in [2.05, 4.69) is 11.9 Å². The summed E-state index contributed by atoms with van der Waals surface area (Å²) in [6, 6.07) is 4.28. The summed E-state index contributed by atoms with van der Waals surface area (Å²) in [5.74, 6) is -0.539. The highest BCUT2D eigenvalue weighted by molar-refractivity contribution is 6.30. The van der Waals surface area contributed by atoms with E-state index in [0.717, 1.165) is 6.08 Å². The molecule has 0 saturated heterocycles. The molecule has 1 N–H and O–H groups in total. The van der Waals surface area contributed by atoms with Crippen LogP contribution in [0.2, 0.25) is 5.02 Å². The van der Waals surface area contributed by atoms with E-state index in [-0.39, 0.29) is 23.9 Å². The second kappa shape index (κ2) is 6.61. The van der Waals surface area contributed by atoms with E-state index < -0.39 is 10.9 Å². The molecular weight excluding hydrogens is 260 g/mol. The van der Waals surface area contributed by atoms with Gasteiger partial charge in [0, 0.05) is 23.7 Å². The number of benzene rings is 1. The van der Waals surface area contributed by atoms with Crippen LogP contribution < -0.4 is 5.32 Å². The SMILES string of the molecule is C=CC(=O)OCCNc1ccc(Cl)cc1[N+](=O)[O-]. The molecule has 1 aromatic rings. The van der Waals surface area contributed by atoms with Gasteiger partial charge in [-0.05, 0) is 12.1 Å². The molecule has 0 aliphatic heterocycles. The highest BCUT2D eigenvalue weighted by Crippen LogP contribution is 2.27. The first-order chi connectivity index (χ1) is 8.54. The number of carbonyl (C=O) groups excluding carboxylic acids is 1. The van der Waals surface area contributed by atoms with Crippen molar-refractivity contribution in [2.45, 2.75) is 0 Å². The number of nitrogens with zero attached hydrogens (tertiary/aromatic N) is 1. The minimum Gasteiger partial charge on any atom is -0.461 e. The predicted molar refractivity (Wildman–Crippen MR) is 67.8 cm³/mol. The van der Waals surface area contributed by atoms with Crippen LogP contribution >= 0.6 is 11.6 Å². The number of nitrogens with one attached hydrogen (secondary N) is 1. The van der Waals surface area contributed by atoms with Crippen LogP contribution in [0.1, 0.15) is 0 Å². The van der Waals surface area contributed by atoms with Crippen molar-refractivity contribution in [2.24, 2.45) is 0 Å². The first-order valence-electron chi connectivity index (χ1n) is 5.01. The fourth-order valence-corrected chi connectivity index (χ4v) is 1.37. The lowest BCUT2D eigenvalue weighted by Gasteiger charge is -2.07. The Morgan fingerprint density at radius 3 is 2.94 bits per heavy atom. The summed E-state index contributed by atoms with van der Waals surface area (Å²) in [6.07, 6.45) is 1.05. The lowest BCUT2D eigenvalue weighted by Crippen LogP contribution is -2.13. The zero-order valence-corrected chi connectivity index (χ0v) is 10.1. The Morgan fingerprint density at radius 2 is 2.33 bits per heavy atom. The largest absolute Gasteiger partial charge is 0.461 e. The van der Waals surface area contributed by atoms with Gasteiger partial charge in [0.2, 0.25) is 0 Å². The van der Waals surface area contributed by atoms with Gasteiger partial charge in [0.1, 0.15) is 12.3 Å². The van der Waals surface area contributed by atoms with Gasteiger partial charge in [0.05, 0.1) is 4.92 Å². The third-order valence-corrected chi connectivity index (χ3v) is 2.22. The lowest BCUT2D eigenvalue weighted by atomic mass is 10.2. The van der Waals surface area contributed by atoms with Crippen molar-refractivity contribution >= 4 is 28.9 Å². The van der Waals surface area contributed by atoms with Gasteiger partial charge >= 0.3 is 5.97 Å². The maximum Gasteiger partial charge on any atom is 0.330 e. The molecule has 0 saturated carbocycles. The number of ether oxygens (including phenoxy) is 1. The van der Waals surface area contributed by atoms with E-state index in [1.807, 2.05) is 0 Å². The van der Waals surface area contributed by atoms with Crippen LogP contribution in [0.4, 0.5) is 11.4 Å². The summed E-state index contributed by atoms with van der Waals surface area (Å²) in [7, 11) is 0. The molecule has 96 valence electrons. The van der Waals surface area contributed by atoms with Crippen molar-refractivity contribution in [3.63, 3.8) is 0 Å². The van der Waals surface area contributed by atoms with Crippen LogP contribution in [0.3, 0.4) is 0 Å². The molecule has 0 unspecified atom stereocenters. The van der Waals surface area contributed by atoms with E-state index >= 15 is 0 Å². The van der Waals surface area contributed by atoms with Gasteiger partial charge in [-0.15, -0.1) is 0 Å². The number of nitro benzene ring substituents is 1. The maximum absolute atomic E-state index is 10.8. The van der Waals surface area contributed by atoms with Crippen LogP contribution in [0.25, 0.3) is 0 Å². The first-order valence-corrected chi connectivity index (χ1v) is 5.39. The minimum atomic E-state index is -0.539. The lowest BCUT2D eigenvalue weighted by molar-refractivity contribution is -0.383. The zero-order chi connectivity index (χ0) is 13.5. The molecule has 6 nitrogen and oxygen atoms in total. The molecule has 0 aliphatic carbocycles. The standard InChI is InChI=1S/C11H11ClN2O4/c1-2-11(15)18-6-5-13-9-4-3-8(12)7-10(9)14(16)17/h2-4,7,13H,1,5-6H2. The highest BCUT2D eigenvalue weighted by atomic mass is 35.5. The molecule has 0 spiro atoms. The molecule has 18 heavy (non-hydrogen) atoms. The van der Waals surface area contributed by atoms with Gasteiger partial charge in [0.25, 0.3) is 5.69 Å². The Kier molecular flexibility index (Phi) is 5.13. The van der Waals surface area contributed by atoms with Gasteiger partial charge in [-0.1, -0.05) is 18.2 Å². The van der Waals surface area contributed by atoms with Crippen LogP contribution in [-0.4, -0.2) is 24.0 Å². The monoisotopic (exact) mass is 270 g/mol. The summed E-state index contributed by atoms with van der Waals surface area (Å²) in [5, 5.41) is 13.8. The summed E-state index contributed by atoms with van der Waals surface area (Å²) >= 11 is 5.67. The molecule has 0 heterocycles. The fraction of sp³-hybridized carbons (Fsp3) is 0.182. The third kappa shape index (κ3) is 4.06. The number of rotatable bonds is 6. The number of esters is 1. The van der Waals surface area contributed by atoms with Crippen molar-refractivity contribution in [1.82, 2.24) is 0 Å². The van der Waals surface area contributed by atoms with Gasteiger partial charge in [-0.25, -0.2) is 4.79 Å². The molecule has 0 radical (unpaired) electrons. The Hall–Kier alpha value is -2.08. The summed E-state index contributed by atoms with van der Waals surface area (Å²) in [5.41, 5.74) is 0.191. The van der Waals surface area contributed by atoms with Crippen molar-refractivity contribution in [3.8, 4) is 0 Å². The molecule has 0 bridgehead atoms. The second-order valence-corrected chi connectivity index (χ2v) is 3.65. The first kappa shape index (κ1) is 14.0. The second-order valence-electron chi connectivity index (χ2n) is 3.22. The van der Waals surface area contributed by atoms with E-state index in [1.165, 1.54) is 18.2 Å². The number of hydrogen-bond acceptors (Lipinski definition) is 5. The summed E-state index contributed by atoms with van der Waals surface area (Å²) in [4.78, 5) is 21.0. The van der Waals surface area contributed by atoms with Gasteiger partial charge < -0.3 is 10.1 Å². The van der Waals surface area contributed by atoms with Crippen LogP contribution in [-0.2, 0) is 9.53 Å². The molecule has 0 aliphatic rings. The topological polar surface area (TPSA) is 81.5 Å². The number of carbonyl (C=O) groups is 1. The molecule has 1 aromatic carbocycles. The normalized spacial score (nSPS) is 9.61. The van der Waals surface area contributed by atoms with E-state index in [4.69, 9.17) is 16.3 Å². The third-order valence-electron chi connectivity index (χ3n) is 1.98. The average molecular weight is 271 g/mol. The maximum atomic E-state index is 10.8. The summed E-state index contributed by atoms with van der Waals surface area (Å²) in [6.45, 7) is 3.59. The molecule has 1 rings (SSSR count). The van der Waals surface area contributed by atoms with Crippen LogP contribution in [0.5, 0.6) is 0 Å². The summed E-state index contributed by atoms with van der Waals surface area (Å²) < 4.78 is 4.72. The smallest absolute Gasteiger partial charge is 0.330 e. The Morgan fingerprint density at radius 1 is 1.61 bits per heavy atom. The van der Waals surface area contributed by atoms with Gasteiger partial charge in [0.15, 0.2) is 0 Å². The van der Waals surface area contributed by atoms with Crippen molar-refractivity contribution in [1.29, 1.82) is 0 Å². The molecule has 7 heteroatoms. The van der Waals surface area contributed by atoms with Crippen molar-refractivity contribution < 1.29 is 14.5 Å². The molecule has 0 atom stereocenters. The Balaban J connectivity index is 2.59. The van der Waals surface area contributed by atoms with Crippen molar-refractivity contribution in [3.05, 3.63) is 46.0 Å². The quantitative estimate of drug-likeness (QED) is 0.282. The zero-order valence-electron chi connectivity index (χ0n) is 9.39. The molecular formula is C11H11ClN2O4. The average Bonchev–Trinajstić information content (AvgIpc) is 2.35. The van der Waals surface area contributed by atoms with Gasteiger partial charge in [-0.3, -0.25) is 10.1 Å². The van der Waals surface area contributed by atoms with E-state index in [1.54, 1.807) is 0 Å². The van der Waals surface area contributed by atoms with E-state index in [9.17, 15) is 14.9 Å². The minimum absolute atomic E-state index is 0.0879. The van der Waals surface area contributed by atoms with Crippen LogP contribution in [0.15, 0.2) is 30.9 Å². The number of halogens is 1. The highest BCUT2D eigenvalue weighted by Gasteiger charge is 2.13. The molecule has 0 amide bonds. The van der Waals surface area contributed by atoms with Crippen molar-refractivity contribution in [2.75, 3.05) is 18.5 Å². The van der Waals surface area contributed by atoms with E-state index in [0.29, 0.717) is 5.69 Å². The number of nitro groups is 1. The fourth-order valence-electron chi connectivity index (χ4n) is 1.20. The Bertz CT molecular complexity index is 476. The van der Waals surface area contributed by atoms with Crippen LogP contribution in [0, 0.1) is 10.1 Å². The predicted octanol–water partition coefficient (Wildman–Crippen LogP) is 2.39. The molecule has 0 fully saturated rings.